The Labute approximate surface area is 122 Å². The van der Waals surface area contributed by atoms with E-state index in [0.29, 0.717) is 17.8 Å². The molecule has 1 fully saturated rings. The Morgan fingerprint density at radius 1 is 1.30 bits per heavy atom. The number of hydrogen-bond acceptors (Lipinski definition) is 4. The molecule has 2 heterocycles. The van der Waals surface area contributed by atoms with Crippen molar-refractivity contribution in [1.29, 1.82) is 0 Å². The van der Waals surface area contributed by atoms with E-state index in [1.165, 1.54) is 31.5 Å². The predicted octanol–water partition coefficient (Wildman–Crippen LogP) is 2.30. The molecule has 0 aromatic carbocycles. The summed E-state index contributed by atoms with van der Waals surface area (Å²) in [7, 11) is 1.64. The highest BCUT2D eigenvalue weighted by Gasteiger charge is 2.23. The summed E-state index contributed by atoms with van der Waals surface area (Å²) in [6.45, 7) is 9.07. The molecule has 0 amide bonds. The molecular weight excluding hydrogens is 250 g/mol. The fourth-order valence-corrected chi connectivity index (χ4v) is 2.86. The van der Waals surface area contributed by atoms with Gasteiger partial charge < -0.3 is 10.1 Å². The Bertz CT molecular complexity index is 385. The molecule has 1 saturated heterocycles. The molecule has 1 aromatic heterocycles. The fraction of sp³-hybridized carbons (Fsp3) is 0.688. The van der Waals surface area contributed by atoms with Crippen molar-refractivity contribution in [2.24, 2.45) is 5.92 Å². The van der Waals surface area contributed by atoms with Gasteiger partial charge in [-0.1, -0.05) is 19.9 Å². The van der Waals surface area contributed by atoms with E-state index in [2.05, 4.69) is 35.1 Å². The molecule has 20 heavy (non-hydrogen) atoms. The average molecular weight is 277 g/mol. The number of pyridine rings is 1. The predicted molar refractivity (Wildman–Crippen MR) is 81.9 cm³/mol. The summed E-state index contributed by atoms with van der Waals surface area (Å²) < 4.78 is 5.07. The molecule has 112 valence electrons. The van der Waals surface area contributed by atoms with Crippen LogP contribution in [0.25, 0.3) is 0 Å². The van der Waals surface area contributed by atoms with Crippen molar-refractivity contribution in [2.45, 2.75) is 39.3 Å². The van der Waals surface area contributed by atoms with Gasteiger partial charge in [0.25, 0.3) is 0 Å². The van der Waals surface area contributed by atoms with E-state index in [0.717, 1.165) is 13.1 Å². The summed E-state index contributed by atoms with van der Waals surface area (Å²) in [5.41, 5.74) is 1.20. The molecule has 1 atom stereocenters. The third-order valence-electron chi connectivity index (χ3n) is 4.07. The van der Waals surface area contributed by atoms with Crippen molar-refractivity contribution in [3.63, 3.8) is 0 Å². The summed E-state index contributed by atoms with van der Waals surface area (Å²) in [4.78, 5) is 6.86. The van der Waals surface area contributed by atoms with Crippen LogP contribution in [0, 0.1) is 5.92 Å². The lowest BCUT2D eigenvalue weighted by Crippen LogP contribution is -2.44. The van der Waals surface area contributed by atoms with Gasteiger partial charge in [-0.25, -0.2) is 4.98 Å². The second kappa shape index (κ2) is 7.60. The van der Waals surface area contributed by atoms with Gasteiger partial charge in [0.15, 0.2) is 0 Å². The van der Waals surface area contributed by atoms with Crippen molar-refractivity contribution in [3.8, 4) is 5.88 Å². The zero-order valence-electron chi connectivity index (χ0n) is 12.9. The first-order valence-corrected chi connectivity index (χ1v) is 7.64. The Morgan fingerprint density at radius 2 is 2.05 bits per heavy atom. The summed E-state index contributed by atoms with van der Waals surface area (Å²) in [6.07, 6.45) is 4.59. The van der Waals surface area contributed by atoms with Crippen LogP contribution < -0.4 is 10.1 Å². The molecule has 4 nitrogen and oxygen atoms in total. The first-order valence-electron chi connectivity index (χ1n) is 7.64. The van der Waals surface area contributed by atoms with E-state index in [9.17, 15) is 0 Å². The van der Waals surface area contributed by atoms with Crippen LogP contribution in [0.15, 0.2) is 18.3 Å². The monoisotopic (exact) mass is 277 g/mol. The summed E-state index contributed by atoms with van der Waals surface area (Å²) in [5, 5.41) is 3.57. The largest absolute Gasteiger partial charge is 0.481 e. The lowest BCUT2D eigenvalue weighted by atomic mass is 10.0. The Balaban J connectivity index is 1.80. The molecule has 1 unspecified atom stereocenters. The van der Waals surface area contributed by atoms with Crippen LogP contribution >= 0.6 is 0 Å². The van der Waals surface area contributed by atoms with E-state index in [1.807, 2.05) is 12.3 Å². The Hall–Kier alpha value is -1.13. The fourth-order valence-electron chi connectivity index (χ4n) is 2.86. The van der Waals surface area contributed by atoms with Crippen LogP contribution in [0.2, 0.25) is 0 Å². The van der Waals surface area contributed by atoms with Crippen molar-refractivity contribution in [3.05, 3.63) is 23.9 Å². The Kier molecular flexibility index (Phi) is 5.80. The van der Waals surface area contributed by atoms with Crippen molar-refractivity contribution in [1.82, 2.24) is 15.2 Å². The van der Waals surface area contributed by atoms with Gasteiger partial charge in [-0.05, 0) is 37.4 Å². The second-order valence-electron chi connectivity index (χ2n) is 5.89. The van der Waals surface area contributed by atoms with Crippen LogP contribution in [-0.2, 0) is 6.54 Å². The summed E-state index contributed by atoms with van der Waals surface area (Å²) in [6, 6.07) is 4.62. The standard InChI is InChI=1S/C16H27N3O/c1-13(2)15(19-8-4-5-9-19)12-17-10-14-6-7-16(20-3)18-11-14/h6-7,11,13,15,17H,4-5,8-10,12H2,1-3H3. The maximum atomic E-state index is 5.07. The first-order chi connectivity index (χ1) is 9.70. The van der Waals surface area contributed by atoms with E-state index >= 15 is 0 Å². The normalized spacial score (nSPS) is 17.6. The molecule has 0 radical (unpaired) electrons. The molecule has 1 aliphatic heterocycles. The summed E-state index contributed by atoms with van der Waals surface area (Å²) >= 11 is 0. The highest BCUT2D eigenvalue weighted by molar-refractivity contribution is 5.17. The number of nitrogens with one attached hydrogen (secondary N) is 1. The molecule has 1 aromatic rings. The molecule has 2 rings (SSSR count). The molecule has 0 bridgehead atoms. The first kappa shape index (κ1) is 15.3. The second-order valence-corrected chi connectivity index (χ2v) is 5.89. The number of methoxy groups -OCH3 is 1. The highest BCUT2D eigenvalue weighted by atomic mass is 16.5. The van der Waals surface area contributed by atoms with Gasteiger partial charge in [-0.3, -0.25) is 4.90 Å². The average Bonchev–Trinajstić information content (AvgIpc) is 2.97. The third-order valence-corrected chi connectivity index (χ3v) is 4.07. The summed E-state index contributed by atoms with van der Waals surface area (Å²) in [5.74, 6) is 1.36. The lowest BCUT2D eigenvalue weighted by Gasteiger charge is -2.31. The number of likely N-dealkylation sites (tertiary alicyclic amines) is 1. The van der Waals surface area contributed by atoms with Crippen molar-refractivity contribution < 1.29 is 4.74 Å². The lowest BCUT2D eigenvalue weighted by molar-refractivity contribution is 0.186. The van der Waals surface area contributed by atoms with Gasteiger partial charge in [-0.2, -0.15) is 0 Å². The molecule has 0 spiro atoms. The highest BCUT2D eigenvalue weighted by Crippen LogP contribution is 2.17. The van der Waals surface area contributed by atoms with Crippen LogP contribution in [0.5, 0.6) is 5.88 Å². The molecule has 0 saturated carbocycles. The van der Waals surface area contributed by atoms with Crippen LogP contribution in [0.4, 0.5) is 0 Å². The zero-order valence-corrected chi connectivity index (χ0v) is 12.9. The van der Waals surface area contributed by atoms with Gasteiger partial charge >= 0.3 is 0 Å². The third kappa shape index (κ3) is 4.18. The van der Waals surface area contributed by atoms with Gasteiger partial charge in [0.05, 0.1) is 7.11 Å². The SMILES string of the molecule is COc1ccc(CNCC(C(C)C)N2CCCC2)cn1. The van der Waals surface area contributed by atoms with E-state index < -0.39 is 0 Å². The van der Waals surface area contributed by atoms with E-state index in [1.54, 1.807) is 7.11 Å². The molecule has 4 heteroatoms. The Morgan fingerprint density at radius 3 is 2.60 bits per heavy atom. The van der Waals surface area contributed by atoms with Crippen LogP contribution in [0.3, 0.4) is 0 Å². The van der Waals surface area contributed by atoms with Gasteiger partial charge in [-0.15, -0.1) is 0 Å². The maximum Gasteiger partial charge on any atom is 0.212 e. The molecular formula is C16H27N3O. The maximum absolute atomic E-state index is 5.07. The number of ether oxygens (including phenoxy) is 1. The minimum Gasteiger partial charge on any atom is -0.481 e. The van der Waals surface area contributed by atoms with E-state index in [-0.39, 0.29) is 0 Å². The quantitative estimate of drug-likeness (QED) is 0.830. The molecule has 0 aliphatic carbocycles. The topological polar surface area (TPSA) is 37.4 Å². The zero-order chi connectivity index (χ0) is 14.4. The molecule has 1 aliphatic rings. The van der Waals surface area contributed by atoms with Gasteiger partial charge in [0.2, 0.25) is 5.88 Å². The van der Waals surface area contributed by atoms with Crippen LogP contribution in [0.1, 0.15) is 32.3 Å². The number of rotatable bonds is 7. The number of aromatic nitrogens is 1. The number of hydrogen-bond donors (Lipinski definition) is 1. The minimum atomic E-state index is 0.642. The minimum absolute atomic E-state index is 0.642. The van der Waals surface area contributed by atoms with Crippen molar-refractivity contribution in [2.75, 3.05) is 26.7 Å². The molecule has 1 N–H and O–H groups in total. The smallest absolute Gasteiger partial charge is 0.212 e. The van der Waals surface area contributed by atoms with E-state index in [4.69, 9.17) is 4.74 Å². The number of nitrogens with zero attached hydrogens (tertiary/aromatic N) is 2. The van der Waals surface area contributed by atoms with Gasteiger partial charge in [0, 0.05) is 31.4 Å². The van der Waals surface area contributed by atoms with Crippen molar-refractivity contribution >= 4 is 0 Å². The van der Waals surface area contributed by atoms with Gasteiger partial charge in [0.1, 0.15) is 0 Å². The van der Waals surface area contributed by atoms with Crippen LogP contribution in [-0.4, -0.2) is 42.7 Å².